The summed E-state index contributed by atoms with van der Waals surface area (Å²) in [6.07, 6.45) is -3.12. The van der Waals surface area contributed by atoms with Crippen LogP contribution in [0.4, 0.5) is 13.2 Å². The quantitative estimate of drug-likeness (QED) is 0.711. The molecule has 0 spiro atoms. The summed E-state index contributed by atoms with van der Waals surface area (Å²) >= 11 is 5.57. The fraction of sp³-hybridized carbons (Fsp3) is 0.538. The van der Waals surface area contributed by atoms with E-state index in [1.54, 1.807) is 12.1 Å². The van der Waals surface area contributed by atoms with Gasteiger partial charge in [-0.2, -0.15) is 17.5 Å². The third kappa shape index (κ3) is 5.48. The Morgan fingerprint density at radius 2 is 1.76 bits per heavy atom. The van der Waals surface area contributed by atoms with E-state index in [0.29, 0.717) is 16.6 Å². The fourth-order valence-corrected chi connectivity index (χ4v) is 3.38. The van der Waals surface area contributed by atoms with Gasteiger partial charge >= 0.3 is 6.18 Å². The number of benzene rings is 1. The largest absolute Gasteiger partial charge is 0.402 e. The molecular weight excluding hydrogens is 327 g/mol. The van der Waals surface area contributed by atoms with Gasteiger partial charge in [0.25, 0.3) is 0 Å². The van der Waals surface area contributed by atoms with Gasteiger partial charge in [0.15, 0.2) is 0 Å². The standard InChI is InChI=1S/C13H17ClF3NO2S/c1-2-18(10-13(15,16)17)21(19,20)12-7-5-11(6-8-12)4-3-9-14/h5-8H,2-4,9-10H2,1H3. The zero-order chi connectivity index (χ0) is 16.1. The van der Waals surface area contributed by atoms with Crippen molar-refractivity contribution in [3.63, 3.8) is 0 Å². The highest BCUT2D eigenvalue weighted by atomic mass is 35.5. The number of sulfonamides is 1. The Morgan fingerprint density at radius 1 is 1.19 bits per heavy atom. The van der Waals surface area contributed by atoms with E-state index in [1.807, 2.05) is 0 Å². The van der Waals surface area contributed by atoms with Crippen molar-refractivity contribution < 1.29 is 21.6 Å². The number of alkyl halides is 4. The SMILES string of the molecule is CCN(CC(F)(F)F)S(=O)(=O)c1ccc(CCCCl)cc1. The Morgan fingerprint density at radius 3 is 2.19 bits per heavy atom. The molecule has 1 aromatic carbocycles. The second-order valence-electron chi connectivity index (χ2n) is 4.48. The molecule has 0 amide bonds. The summed E-state index contributed by atoms with van der Waals surface area (Å²) in [6.45, 7) is -0.353. The van der Waals surface area contributed by atoms with E-state index < -0.39 is 22.7 Å². The summed E-state index contributed by atoms with van der Waals surface area (Å²) in [5.74, 6) is 0.495. The van der Waals surface area contributed by atoms with Gasteiger partial charge in [0, 0.05) is 12.4 Å². The van der Waals surface area contributed by atoms with E-state index in [2.05, 4.69) is 0 Å². The van der Waals surface area contributed by atoms with Gasteiger partial charge in [0.05, 0.1) is 4.90 Å². The van der Waals surface area contributed by atoms with Crippen molar-refractivity contribution in [2.75, 3.05) is 19.0 Å². The molecule has 0 radical (unpaired) electrons. The lowest BCUT2D eigenvalue weighted by molar-refractivity contribution is -0.135. The van der Waals surface area contributed by atoms with Gasteiger partial charge in [-0.25, -0.2) is 8.42 Å². The highest BCUT2D eigenvalue weighted by molar-refractivity contribution is 7.89. The maximum absolute atomic E-state index is 12.4. The smallest absolute Gasteiger partial charge is 0.207 e. The third-order valence-electron chi connectivity index (χ3n) is 2.87. The number of aryl methyl sites for hydroxylation is 1. The van der Waals surface area contributed by atoms with Crippen LogP contribution in [0, 0.1) is 0 Å². The maximum Gasteiger partial charge on any atom is 0.402 e. The van der Waals surface area contributed by atoms with E-state index in [1.165, 1.54) is 19.1 Å². The molecule has 0 atom stereocenters. The third-order valence-corrected chi connectivity index (χ3v) is 5.07. The van der Waals surface area contributed by atoms with Crippen molar-refractivity contribution >= 4 is 21.6 Å². The van der Waals surface area contributed by atoms with Crippen molar-refractivity contribution in [2.24, 2.45) is 0 Å². The first-order valence-electron chi connectivity index (χ1n) is 6.42. The topological polar surface area (TPSA) is 37.4 Å². The van der Waals surface area contributed by atoms with E-state index >= 15 is 0 Å². The normalized spacial score (nSPS) is 12.9. The molecule has 0 unspecified atom stereocenters. The molecule has 0 aliphatic rings. The Balaban J connectivity index is 2.95. The average Bonchev–Trinajstić information content (AvgIpc) is 2.41. The molecule has 0 aliphatic heterocycles. The summed E-state index contributed by atoms with van der Waals surface area (Å²) in [5, 5.41) is 0. The van der Waals surface area contributed by atoms with Crippen LogP contribution in [-0.2, 0) is 16.4 Å². The molecule has 0 saturated heterocycles. The molecule has 8 heteroatoms. The van der Waals surface area contributed by atoms with Gasteiger partial charge < -0.3 is 0 Å². The van der Waals surface area contributed by atoms with Crippen LogP contribution in [0.25, 0.3) is 0 Å². The van der Waals surface area contributed by atoms with Gasteiger partial charge in [-0.05, 0) is 30.5 Å². The van der Waals surface area contributed by atoms with E-state index in [4.69, 9.17) is 11.6 Å². The monoisotopic (exact) mass is 343 g/mol. The van der Waals surface area contributed by atoms with Crippen LogP contribution in [0.2, 0.25) is 0 Å². The number of hydrogen-bond donors (Lipinski definition) is 0. The lowest BCUT2D eigenvalue weighted by atomic mass is 10.1. The predicted octanol–water partition coefficient (Wildman–Crippen LogP) is 3.43. The number of rotatable bonds is 7. The molecule has 21 heavy (non-hydrogen) atoms. The van der Waals surface area contributed by atoms with Crippen molar-refractivity contribution in [3.8, 4) is 0 Å². The highest BCUT2D eigenvalue weighted by Crippen LogP contribution is 2.22. The number of halogens is 4. The summed E-state index contributed by atoms with van der Waals surface area (Å²) < 4.78 is 62.0. The van der Waals surface area contributed by atoms with Gasteiger partial charge in [-0.15, -0.1) is 11.6 Å². The van der Waals surface area contributed by atoms with Crippen LogP contribution in [0.5, 0.6) is 0 Å². The second kappa shape index (κ2) is 7.47. The molecule has 1 rings (SSSR count). The molecule has 0 bridgehead atoms. The van der Waals surface area contributed by atoms with Gasteiger partial charge in [0.1, 0.15) is 6.54 Å². The summed E-state index contributed by atoms with van der Waals surface area (Å²) in [5.41, 5.74) is 0.897. The van der Waals surface area contributed by atoms with Crippen molar-refractivity contribution in [1.29, 1.82) is 0 Å². The van der Waals surface area contributed by atoms with Crippen molar-refractivity contribution in [1.82, 2.24) is 4.31 Å². The molecule has 0 aliphatic carbocycles. The minimum Gasteiger partial charge on any atom is -0.207 e. The lowest BCUT2D eigenvalue weighted by Crippen LogP contribution is -2.38. The molecule has 0 saturated carbocycles. The Bertz CT molecular complexity index is 544. The summed E-state index contributed by atoms with van der Waals surface area (Å²) in [4.78, 5) is -0.136. The van der Waals surface area contributed by atoms with Crippen molar-refractivity contribution in [3.05, 3.63) is 29.8 Å². The van der Waals surface area contributed by atoms with Crippen LogP contribution in [0.1, 0.15) is 18.9 Å². The first-order valence-corrected chi connectivity index (χ1v) is 8.40. The Labute approximate surface area is 127 Å². The molecule has 0 N–H and O–H groups in total. The van der Waals surface area contributed by atoms with Crippen LogP contribution in [-0.4, -0.2) is 37.9 Å². The molecule has 0 aromatic heterocycles. The average molecular weight is 344 g/mol. The van der Waals surface area contributed by atoms with E-state index in [-0.39, 0.29) is 11.4 Å². The van der Waals surface area contributed by atoms with Crippen LogP contribution >= 0.6 is 11.6 Å². The number of hydrogen-bond acceptors (Lipinski definition) is 2. The Hall–Kier alpha value is -0.790. The molecule has 1 aromatic rings. The maximum atomic E-state index is 12.4. The molecule has 0 fully saturated rings. The number of nitrogens with zero attached hydrogens (tertiary/aromatic N) is 1. The van der Waals surface area contributed by atoms with Gasteiger partial charge in [0.2, 0.25) is 10.0 Å². The van der Waals surface area contributed by atoms with E-state index in [0.717, 1.165) is 12.0 Å². The van der Waals surface area contributed by atoms with E-state index in [9.17, 15) is 21.6 Å². The summed E-state index contributed by atoms with van der Waals surface area (Å²) in [6, 6.07) is 5.86. The van der Waals surface area contributed by atoms with Crippen LogP contribution in [0.15, 0.2) is 29.2 Å². The van der Waals surface area contributed by atoms with Crippen LogP contribution < -0.4 is 0 Å². The lowest BCUT2D eigenvalue weighted by Gasteiger charge is -2.21. The fourth-order valence-electron chi connectivity index (χ4n) is 1.81. The minimum atomic E-state index is -4.57. The highest BCUT2D eigenvalue weighted by Gasteiger charge is 2.36. The summed E-state index contributed by atoms with van der Waals surface area (Å²) in [7, 11) is -4.13. The Kier molecular flexibility index (Phi) is 6.49. The van der Waals surface area contributed by atoms with Crippen LogP contribution in [0.3, 0.4) is 0 Å². The molecule has 3 nitrogen and oxygen atoms in total. The van der Waals surface area contributed by atoms with Gasteiger partial charge in [-0.1, -0.05) is 19.1 Å². The second-order valence-corrected chi connectivity index (χ2v) is 6.80. The first-order chi connectivity index (χ1) is 9.70. The first kappa shape index (κ1) is 18.3. The zero-order valence-electron chi connectivity index (χ0n) is 11.5. The molecule has 0 heterocycles. The van der Waals surface area contributed by atoms with Crippen molar-refractivity contribution in [2.45, 2.75) is 30.8 Å². The van der Waals surface area contributed by atoms with Gasteiger partial charge in [-0.3, -0.25) is 0 Å². The minimum absolute atomic E-state index is 0.136. The predicted molar refractivity (Wildman–Crippen MR) is 76.0 cm³/mol. The zero-order valence-corrected chi connectivity index (χ0v) is 13.1. The molecular formula is C13H17ClF3NO2S. The molecule has 120 valence electrons.